The standard InChI is InChI=1S/C63H119NO8/c1-3-5-7-9-11-13-15-17-19-21-23-25-26-27-28-29-30-31-32-33-35-37-39-41-43-45-47-49-51-53-59(67)64-56(55-71-63-62(70)61(69)60(68)58(54-65)72-63)57(66)52-50-48-46-44-42-40-38-36-34-24-22-20-18-16-14-12-10-8-6-4-2/h34,36,42,44,50,52,56-58,60-63,65-66,68-70H,3-33,35,37-41,43,45-49,51,53-55H2,1-2H3,(H,64,67)/b36-34+,44-42+,52-50+. The van der Waals surface area contributed by atoms with Gasteiger partial charge in [-0.2, -0.15) is 0 Å². The molecule has 0 aromatic heterocycles. The normalized spacial score (nSPS) is 19.3. The molecule has 1 saturated heterocycles. The number of aliphatic hydroxyl groups is 5. The Kier molecular flexibility index (Phi) is 50.2. The van der Waals surface area contributed by atoms with E-state index in [1.807, 2.05) is 6.08 Å². The van der Waals surface area contributed by atoms with Crippen LogP contribution in [0.3, 0.4) is 0 Å². The van der Waals surface area contributed by atoms with Gasteiger partial charge in [-0.3, -0.25) is 4.79 Å². The Morgan fingerprint density at radius 3 is 1.17 bits per heavy atom. The minimum absolute atomic E-state index is 0.185. The van der Waals surface area contributed by atoms with Crippen molar-refractivity contribution in [2.75, 3.05) is 13.2 Å². The number of unbranched alkanes of at least 4 members (excludes halogenated alkanes) is 40. The summed E-state index contributed by atoms with van der Waals surface area (Å²) in [5, 5.41) is 54.5. The second-order valence-electron chi connectivity index (χ2n) is 21.8. The second kappa shape index (κ2) is 52.8. The highest BCUT2D eigenvalue weighted by molar-refractivity contribution is 5.76. The van der Waals surface area contributed by atoms with Crippen LogP contribution in [-0.4, -0.2) is 87.5 Å². The van der Waals surface area contributed by atoms with Crippen molar-refractivity contribution < 1.29 is 39.8 Å². The summed E-state index contributed by atoms with van der Waals surface area (Å²) < 4.78 is 11.3. The van der Waals surface area contributed by atoms with Gasteiger partial charge in [-0.15, -0.1) is 0 Å². The van der Waals surface area contributed by atoms with Gasteiger partial charge < -0.3 is 40.3 Å². The molecular weight excluding hydrogens is 899 g/mol. The van der Waals surface area contributed by atoms with Crippen LogP contribution in [-0.2, 0) is 14.3 Å². The van der Waals surface area contributed by atoms with Crippen LogP contribution in [0.15, 0.2) is 36.5 Å². The SMILES string of the molecule is CCCCCCCCCCCC/C=C/CC/C=C/CC/C=C/C(O)C(COC1OC(CO)C(O)C(O)C1O)NC(=O)CCCCCCCCCCCCCCCCCCCCCCCCCCCCCCC. The molecule has 1 rings (SSSR count). The average Bonchev–Trinajstić information content (AvgIpc) is 3.38. The van der Waals surface area contributed by atoms with Crippen molar-refractivity contribution in [2.24, 2.45) is 0 Å². The number of amides is 1. The van der Waals surface area contributed by atoms with E-state index in [4.69, 9.17) is 9.47 Å². The summed E-state index contributed by atoms with van der Waals surface area (Å²) >= 11 is 0. The van der Waals surface area contributed by atoms with Crippen LogP contribution >= 0.6 is 0 Å². The number of ether oxygens (including phenoxy) is 2. The third-order valence-electron chi connectivity index (χ3n) is 14.9. The van der Waals surface area contributed by atoms with Crippen LogP contribution in [0, 0.1) is 0 Å². The number of carbonyl (C=O) groups excluding carboxylic acids is 1. The van der Waals surface area contributed by atoms with Crippen molar-refractivity contribution in [1.29, 1.82) is 0 Å². The fraction of sp³-hybridized carbons (Fsp3) is 0.889. The summed E-state index contributed by atoms with van der Waals surface area (Å²) in [6, 6.07) is -0.826. The van der Waals surface area contributed by atoms with Crippen LogP contribution in [0.25, 0.3) is 0 Å². The fourth-order valence-corrected chi connectivity index (χ4v) is 10.0. The van der Waals surface area contributed by atoms with E-state index in [9.17, 15) is 30.3 Å². The molecule has 0 saturated carbocycles. The van der Waals surface area contributed by atoms with E-state index in [0.29, 0.717) is 6.42 Å². The second-order valence-corrected chi connectivity index (χ2v) is 21.8. The summed E-state index contributed by atoms with van der Waals surface area (Å²) in [5.74, 6) is -0.185. The van der Waals surface area contributed by atoms with E-state index < -0.39 is 49.5 Å². The van der Waals surface area contributed by atoms with Gasteiger partial charge in [0.05, 0.1) is 25.4 Å². The Hall–Kier alpha value is -1.59. The molecule has 7 atom stereocenters. The highest BCUT2D eigenvalue weighted by Gasteiger charge is 2.44. The van der Waals surface area contributed by atoms with E-state index in [0.717, 1.165) is 44.9 Å². The number of nitrogens with one attached hydrogen (secondary N) is 1. The predicted molar refractivity (Wildman–Crippen MR) is 304 cm³/mol. The van der Waals surface area contributed by atoms with Crippen LogP contribution in [0.2, 0.25) is 0 Å². The highest BCUT2D eigenvalue weighted by atomic mass is 16.7. The fourth-order valence-electron chi connectivity index (χ4n) is 10.0. The predicted octanol–water partition coefficient (Wildman–Crippen LogP) is 15.9. The molecule has 9 nitrogen and oxygen atoms in total. The largest absolute Gasteiger partial charge is 0.394 e. The molecule has 0 aromatic carbocycles. The first kappa shape index (κ1) is 68.4. The summed E-state index contributed by atoms with van der Waals surface area (Å²) in [4.78, 5) is 13.1. The molecule has 1 aliphatic rings. The smallest absolute Gasteiger partial charge is 0.220 e. The molecule has 6 N–H and O–H groups in total. The molecule has 0 bridgehead atoms. The van der Waals surface area contributed by atoms with Crippen molar-refractivity contribution in [3.8, 4) is 0 Å². The van der Waals surface area contributed by atoms with Crippen LogP contribution in [0.4, 0.5) is 0 Å². The van der Waals surface area contributed by atoms with Gasteiger partial charge in [0.1, 0.15) is 24.4 Å². The van der Waals surface area contributed by atoms with Gasteiger partial charge in [0.25, 0.3) is 0 Å². The van der Waals surface area contributed by atoms with E-state index >= 15 is 0 Å². The maximum atomic E-state index is 13.1. The summed E-state index contributed by atoms with van der Waals surface area (Å²) in [5.41, 5.74) is 0. The minimum Gasteiger partial charge on any atom is -0.394 e. The molecule has 1 aliphatic heterocycles. The number of hydrogen-bond donors (Lipinski definition) is 6. The average molecular weight is 1020 g/mol. The Morgan fingerprint density at radius 1 is 0.458 bits per heavy atom. The summed E-state index contributed by atoms with van der Waals surface area (Å²) in [6.07, 6.45) is 62.3. The minimum atomic E-state index is -1.57. The number of carbonyl (C=O) groups is 1. The lowest BCUT2D eigenvalue weighted by Crippen LogP contribution is -2.60. The molecule has 0 aliphatic carbocycles. The first-order valence-electron chi connectivity index (χ1n) is 31.2. The van der Waals surface area contributed by atoms with Gasteiger partial charge in [-0.1, -0.05) is 288 Å². The van der Waals surface area contributed by atoms with Crippen LogP contribution < -0.4 is 5.32 Å². The van der Waals surface area contributed by atoms with E-state index in [1.165, 1.54) is 238 Å². The Bertz CT molecular complexity index is 1230. The van der Waals surface area contributed by atoms with Gasteiger partial charge in [0.15, 0.2) is 6.29 Å². The topological polar surface area (TPSA) is 149 Å². The number of hydrogen-bond acceptors (Lipinski definition) is 8. The third-order valence-corrected chi connectivity index (χ3v) is 14.9. The zero-order valence-corrected chi connectivity index (χ0v) is 47.2. The summed E-state index contributed by atoms with van der Waals surface area (Å²) in [7, 11) is 0. The molecule has 1 heterocycles. The monoisotopic (exact) mass is 1020 g/mol. The number of aliphatic hydroxyl groups excluding tert-OH is 5. The van der Waals surface area contributed by atoms with Crippen LogP contribution in [0.1, 0.15) is 303 Å². The van der Waals surface area contributed by atoms with Crippen molar-refractivity contribution in [1.82, 2.24) is 5.32 Å². The van der Waals surface area contributed by atoms with Gasteiger partial charge in [0, 0.05) is 6.42 Å². The lowest BCUT2D eigenvalue weighted by atomic mass is 9.99. The molecule has 72 heavy (non-hydrogen) atoms. The quantitative estimate of drug-likeness (QED) is 0.0261. The Morgan fingerprint density at radius 2 is 0.792 bits per heavy atom. The Labute approximate surface area is 444 Å². The summed E-state index contributed by atoms with van der Waals surface area (Å²) in [6.45, 7) is 3.79. The van der Waals surface area contributed by atoms with E-state index in [-0.39, 0.29) is 12.5 Å². The zero-order chi connectivity index (χ0) is 52.2. The lowest BCUT2D eigenvalue weighted by Gasteiger charge is -2.40. The van der Waals surface area contributed by atoms with Crippen molar-refractivity contribution in [3.63, 3.8) is 0 Å². The van der Waals surface area contributed by atoms with E-state index in [1.54, 1.807) is 6.08 Å². The molecule has 9 heteroatoms. The third kappa shape index (κ3) is 41.6. The maximum absolute atomic E-state index is 13.1. The highest BCUT2D eigenvalue weighted by Crippen LogP contribution is 2.23. The van der Waals surface area contributed by atoms with Gasteiger partial charge >= 0.3 is 0 Å². The Balaban J connectivity index is 2.18. The van der Waals surface area contributed by atoms with Crippen molar-refractivity contribution >= 4 is 5.91 Å². The molecule has 0 spiro atoms. The molecule has 7 unspecified atom stereocenters. The molecular formula is C63H119NO8. The van der Waals surface area contributed by atoms with Crippen molar-refractivity contribution in [2.45, 2.75) is 346 Å². The number of allylic oxidation sites excluding steroid dienone is 5. The van der Waals surface area contributed by atoms with Crippen LogP contribution in [0.5, 0.6) is 0 Å². The molecule has 0 radical (unpaired) electrons. The van der Waals surface area contributed by atoms with Crippen molar-refractivity contribution in [3.05, 3.63) is 36.5 Å². The lowest BCUT2D eigenvalue weighted by molar-refractivity contribution is -0.302. The van der Waals surface area contributed by atoms with Gasteiger partial charge in [0.2, 0.25) is 5.91 Å². The number of rotatable bonds is 54. The van der Waals surface area contributed by atoms with Gasteiger partial charge in [-0.05, 0) is 44.9 Å². The molecule has 1 amide bonds. The maximum Gasteiger partial charge on any atom is 0.220 e. The van der Waals surface area contributed by atoms with Gasteiger partial charge in [-0.25, -0.2) is 0 Å². The molecule has 0 aromatic rings. The van der Waals surface area contributed by atoms with E-state index in [2.05, 4.69) is 43.5 Å². The first-order chi connectivity index (χ1) is 35.3. The first-order valence-corrected chi connectivity index (χ1v) is 31.2. The molecule has 424 valence electrons. The zero-order valence-electron chi connectivity index (χ0n) is 47.2. The molecule has 1 fully saturated rings.